The average Bonchev–Trinajstić information content (AvgIpc) is 2.32. The highest BCUT2D eigenvalue weighted by molar-refractivity contribution is 9.11. The molecule has 0 fully saturated rings. The lowest BCUT2D eigenvalue weighted by molar-refractivity contribution is -0.141. The van der Waals surface area contributed by atoms with E-state index in [1.54, 1.807) is 0 Å². The molecule has 0 saturated carbocycles. The van der Waals surface area contributed by atoms with Gasteiger partial charge in [0.1, 0.15) is 0 Å². The topological polar surface area (TPSA) is 58.6 Å². The molecule has 110 valence electrons. The first-order chi connectivity index (χ1) is 9.33. The molecule has 0 aliphatic carbocycles. The van der Waals surface area contributed by atoms with Gasteiger partial charge in [-0.25, -0.2) is 0 Å². The number of amides is 1. The van der Waals surface area contributed by atoms with Gasteiger partial charge in [0.2, 0.25) is 5.91 Å². The van der Waals surface area contributed by atoms with E-state index in [1.165, 1.54) is 14.0 Å². The van der Waals surface area contributed by atoms with Crippen molar-refractivity contribution in [1.29, 1.82) is 0 Å². The number of hydrogen-bond donors (Lipinski definition) is 1. The Bertz CT molecular complexity index is 521. The quantitative estimate of drug-likeness (QED) is 0.762. The zero-order valence-electron chi connectivity index (χ0n) is 11.5. The molecule has 5 nitrogen and oxygen atoms in total. The van der Waals surface area contributed by atoms with Gasteiger partial charge in [-0.1, -0.05) is 15.9 Å². The molecule has 1 N–H and O–H groups in total. The van der Waals surface area contributed by atoms with Crippen molar-refractivity contribution in [2.75, 3.05) is 26.0 Å². The zero-order valence-corrected chi connectivity index (χ0v) is 14.7. The second kappa shape index (κ2) is 7.75. The fourth-order valence-electron chi connectivity index (χ4n) is 1.70. The van der Waals surface area contributed by atoms with E-state index >= 15 is 0 Å². The number of anilines is 1. The van der Waals surface area contributed by atoms with Crippen molar-refractivity contribution in [3.63, 3.8) is 0 Å². The Morgan fingerprint density at radius 1 is 1.35 bits per heavy atom. The molecule has 0 radical (unpaired) electrons. The third-order valence-corrected chi connectivity index (χ3v) is 3.59. The summed E-state index contributed by atoms with van der Waals surface area (Å²) in [5, 5.41) is 2.79. The summed E-state index contributed by atoms with van der Waals surface area (Å²) in [7, 11) is 3.16. The van der Waals surface area contributed by atoms with E-state index in [4.69, 9.17) is 0 Å². The Morgan fingerprint density at radius 3 is 2.55 bits per heavy atom. The Morgan fingerprint density at radius 2 is 2.00 bits per heavy atom. The van der Waals surface area contributed by atoms with Gasteiger partial charge in [-0.05, 0) is 40.7 Å². The summed E-state index contributed by atoms with van der Waals surface area (Å²) in [4.78, 5) is 24.3. The normalized spacial score (nSPS) is 10.5. The molecule has 0 unspecified atom stereocenters. The molecular weight excluding hydrogens is 392 g/mol. The van der Waals surface area contributed by atoms with Gasteiger partial charge in [0, 0.05) is 22.4 Å². The van der Waals surface area contributed by atoms with Crippen LogP contribution in [0, 0.1) is 0 Å². The SMILES string of the molecule is COC(=O)CN(C)Cc1cc(Br)cc(Br)c1NC(C)=O. The minimum Gasteiger partial charge on any atom is -0.468 e. The number of carbonyl (C=O) groups is 2. The van der Waals surface area contributed by atoms with Crippen LogP contribution >= 0.6 is 31.9 Å². The number of carbonyl (C=O) groups excluding carboxylic acids is 2. The number of hydrogen-bond acceptors (Lipinski definition) is 4. The van der Waals surface area contributed by atoms with E-state index in [0.29, 0.717) is 12.2 Å². The van der Waals surface area contributed by atoms with Crippen LogP contribution in [-0.4, -0.2) is 37.5 Å². The second-order valence-corrected chi connectivity index (χ2v) is 6.12. The summed E-state index contributed by atoms with van der Waals surface area (Å²) in [5.41, 5.74) is 1.60. The van der Waals surface area contributed by atoms with E-state index in [0.717, 1.165) is 14.5 Å². The van der Waals surface area contributed by atoms with Crippen molar-refractivity contribution in [2.45, 2.75) is 13.5 Å². The molecular formula is C13H16Br2N2O3. The lowest BCUT2D eigenvalue weighted by Gasteiger charge is -2.19. The first kappa shape index (κ1) is 17.1. The maximum absolute atomic E-state index is 11.3. The summed E-state index contributed by atoms with van der Waals surface area (Å²) in [6.07, 6.45) is 0. The molecule has 0 aliphatic rings. The summed E-state index contributed by atoms with van der Waals surface area (Å²) in [6.45, 7) is 2.14. The lowest BCUT2D eigenvalue weighted by atomic mass is 10.1. The van der Waals surface area contributed by atoms with Crippen molar-refractivity contribution in [3.05, 3.63) is 26.6 Å². The maximum atomic E-state index is 11.3. The molecule has 7 heteroatoms. The van der Waals surface area contributed by atoms with Gasteiger partial charge in [0.15, 0.2) is 0 Å². The molecule has 1 aromatic carbocycles. The maximum Gasteiger partial charge on any atom is 0.319 e. The summed E-state index contributed by atoms with van der Waals surface area (Å²) in [5.74, 6) is -0.451. The molecule has 1 rings (SSSR count). The van der Waals surface area contributed by atoms with E-state index in [-0.39, 0.29) is 18.4 Å². The number of esters is 1. The number of halogens is 2. The molecule has 0 saturated heterocycles. The summed E-state index contributed by atoms with van der Waals surface area (Å²) >= 11 is 6.84. The summed E-state index contributed by atoms with van der Waals surface area (Å²) in [6, 6.07) is 3.76. The van der Waals surface area contributed by atoms with Gasteiger partial charge >= 0.3 is 5.97 Å². The molecule has 0 aliphatic heterocycles. The highest BCUT2D eigenvalue weighted by Crippen LogP contribution is 2.31. The smallest absolute Gasteiger partial charge is 0.319 e. The zero-order chi connectivity index (χ0) is 15.3. The number of methoxy groups -OCH3 is 1. The minimum atomic E-state index is -0.303. The number of ether oxygens (including phenoxy) is 1. The predicted molar refractivity (Wildman–Crippen MR) is 84.5 cm³/mol. The molecule has 0 heterocycles. The van der Waals surface area contributed by atoms with Crippen LogP contribution in [0.2, 0.25) is 0 Å². The molecule has 1 amide bonds. The van der Waals surface area contributed by atoms with Gasteiger partial charge in [0.05, 0.1) is 19.3 Å². The molecule has 0 spiro atoms. The third kappa shape index (κ3) is 5.22. The Kier molecular flexibility index (Phi) is 6.64. The van der Waals surface area contributed by atoms with E-state index < -0.39 is 0 Å². The van der Waals surface area contributed by atoms with Crippen LogP contribution in [-0.2, 0) is 20.9 Å². The van der Waals surface area contributed by atoms with Crippen LogP contribution in [0.1, 0.15) is 12.5 Å². The van der Waals surface area contributed by atoms with Crippen molar-refractivity contribution >= 4 is 49.4 Å². The third-order valence-electron chi connectivity index (χ3n) is 2.50. The van der Waals surface area contributed by atoms with E-state index in [2.05, 4.69) is 41.9 Å². The minimum absolute atomic E-state index is 0.148. The van der Waals surface area contributed by atoms with Crippen LogP contribution in [0.5, 0.6) is 0 Å². The molecule has 20 heavy (non-hydrogen) atoms. The van der Waals surface area contributed by atoms with Crippen LogP contribution < -0.4 is 5.32 Å². The molecule has 1 aromatic rings. The number of nitrogens with zero attached hydrogens (tertiary/aromatic N) is 1. The fraction of sp³-hybridized carbons (Fsp3) is 0.385. The lowest BCUT2D eigenvalue weighted by Crippen LogP contribution is -2.27. The number of rotatable bonds is 5. The second-order valence-electron chi connectivity index (χ2n) is 4.35. The monoisotopic (exact) mass is 406 g/mol. The standard InChI is InChI=1S/C13H16Br2N2O3/c1-8(18)16-13-9(4-10(14)5-11(13)15)6-17(2)7-12(19)20-3/h4-5H,6-7H2,1-3H3,(H,16,18). The van der Waals surface area contributed by atoms with Crippen LogP contribution in [0.15, 0.2) is 21.1 Å². The summed E-state index contributed by atoms with van der Waals surface area (Å²) < 4.78 is 6.30. The predicted octanol–water partition coefficient (Wildman–Crippen LogP) is 2.77. The molecule has 0 bridgehead atoms. The van der Waals surface area contributed by atoms with Gasteiger partial charge < -0.3 is 10.1 Å². The van der Waals surface area contributed by atoms with Crippen LogP contribution in [0.4, 0.5) is 5.69 Å². The number of nitrogens with one attached hydrogen (secondary N) is 1. The van der Waals surface area contributed by atoms with Crippen molar-refractivity contribution < 1.29 is 14.3 Å². The van der Waals surface area contributed by atoms with Gasteiger partial charge in [-0.2, -0.15) is 0 Å². The first-order valence-electron chi connectivity index (χ1n) is 5.84. The number of likely N-dealkylation sites (N-methyl/N-ethyl adjacent to an activating group) is 1. The highest BCUT2D eigenvalue weighted by atomic mass is 79.9. The molecule has 0 atom stereocenters. The Hall–Kier alpha value is -0.920. The van der Waals surface area contributed by atoms with Crippen LogP contribution in [0.25, 0.3) is 0 Å². The van der Waals surface area contributed by atoms with Gasteiger partial charge in [-0.3, -0.25) is 14.5 Å². The van der Waals surface area contributed by atoms with E-state index in [9.17, 15) is 9.59 Å². The average molecular weight is 408 g/mol. The van der Waals surface area contributed by atoms with Crippen molar-refractivity contribution in [2.24, 2.45) is 0 Å². The van der Waals surface area contributed by atoms with Gasteiger partial charge in [0.25, 0.3) is 0 Å². The Balaban J connectivity index is 2.97. The van der Waals surface area contributed by atoms with Crippen LogP contribution in [0.3, 0.4) is 0 Å². The number of benzene rings is 1. The first-order valence-corrected chi connectivity index (χ1v) is 7.43. The highest BCUT2D eigenvalue weighted by Gasteiger charge is 2.14. The fourth-order valence-corrected chi connectivity index (χ4v) is 3.11. The van der Waals surface area contributed by atoms with Crippen molar-refractivity contribution in [3.8, 4) is 0 Å². The van der Waals surface area contributed by atoms with E-state index in [1.807, 2.05) is 24.1 Å². The largest absolute Gasteiger partial charge is 0.468 e. The Labute approximate surface area is 134 Å². The van der Waals surface area contributed by atoms with Crippen molar-refractivity contribution in [1.82, 2.24) is 4.90 Å². The van der Waals surface area contributed by atoms with Gasteiger partial charge in [-0.15, -0.1) is 0 Å². The molecule has 0 aromatic heterocycles.